The van der Waals surface area contributed by atoms with Gasteiger partial charge < -0.3 is 11.1 Å². The molecule has 0 aliphatic rings. The van der Waals surface area contributed by atoms with Crippen molar-refractivity contribution in [1.82, 2.24) is 0 Å². The molecule has 0 heterocycles. The summed E-state index contributed by atoms with van der Waals surface area (Å²) in [6.45, 7) is 0. The number of amides is 1. The van der Waals surface area contributed by atoms with Crippen LogP contribution in [0.4, 0.5) is 20.2 Å². The van der Waals surface area contributed by atoms with E-state index in [-0.39, 0.29) is 16.7 Å². The Bertz CT molecular complexity index is 682. The molecular weight excluding hydrogens is 318 g/mol. The molecule has 2 aromatic carbocycles. The van der Waals surface area contributed by atoms with E-state index in [9.17, 15) is 13.6 Å². The van der Waals surface area contributed by atoms with Crippen LogP contribution in [-0.2, 0) is 4.79 Å². The molecule has 110 valence electrons. The highest BCUT2D eigenvalue weighted by Gasteiger charge is 2.09. The van der Waals surface area contributed by atoms with Gasteiger partial charge in [-0.3, -0.25) is 4.79 Å². The monoisotopic (exact) mass is 328 g/mol. The van der Waals surface area contributed by atoms with Gasteiger partial charge in [0.25, 0.3) is 0 Å². The number of carbonyl (C=O) groups is 1. The van der Waals surface area contributed by atoms with E-state index in [2.05, 4.69) is 5.32 Å². The Morgan fingerprint density at radius 2 is 1.86 bits per heavy atom. The Labute approximate surface area is 129 Å². The summed E-state index contributed by atoms with van der Waals surface area (Å²) in [4.78, 5) is 12.3. The van der Waals surface area contributed by atoms with Crippen LogP contribution >= 0.6 is 23.4 Å². The summed E-state index contributed by atoms with van der Waals surface area (Å²) < 4.78 is 26.0. The lowest BCUT2D eigenvalue weighted by atomic mass is 10.3. The molecule has 0 bridgehead atoms. The van der Waals surface area contributed by atoms with Gasteiger partial charge in [-0.25, -0.2) is 8.78 Å². The molecule has 3 nitrogen and oxygen atoms in total. The second-order valence-corrected chi connectivity index (χ2v) is 5.57. The molecule has 3 N–H and O–H groups in total. The number of hydrogen-bond acceptors (Lipinski definition) is 3. The molecule has 0 aliphatic heterocycles. The highest BCUT2D eigenvalue weighted by Crippen LogP contribution is 2.27. The molecule has 2 rings (SSSR count). The van der Waals surface area contributed by atoms with E-state index in [1.807, 2.05) is 0 Å². The van der Waals surface area contributed by atoms with Gasteiger partial charge in [-0.1, -0.05) is 11.6 Å². The molecule has 2 aromatic rings. The predicted octanol–water partition coefficient (Wildman–Crippen LogP) is 3.93. The van der Waals surface area contributed by atoms with E-state index >= 15 is 0 Å². The number of benzene rings is 2. The third-order valence-corrected chi connectivity index (χ3v) is 3.92. The van der Waals surface area contributed by atoms with Crippen LogP contribution in [0.5, 0.6) is 0 Å². The summed E-state index contributed by atoms with van der Waals surface area (Å²) in [6, 6.07) is 7.62. The fourth-order valence-corrected chi connectivity index (χ4v) is 2.56. The summed E-state index contributed by atoms with van der Waals surface area (Å²) in [5, 5.41) is 2.66. The zero-order chi connectivity index (χ0) is 15.4. The SMILES string of the molecule is Nc1ccc(F)cc1SCC(=O)Nc1ccc(F)cc1Cl. The second kappa shape index (κ2) is 6.78. The Kier molecular flexibility index (Phi) is 5.03. The maximum Gasteiger partial charge on any atom is 0.234 e. The fraction of sp³-hybridized carbons (Fsp3) is 0.0714. The minimum Gasteiger partial charge on any atom is -0.398 e. The van der Waals surface area contributed by atoms with Gasteiger partial charge in [0.2, 0.25) is 5.91 Å². The third-order valence-electron chi connectivity index (χ3n) is 2.54. The van der Waals surface area contributed by atoms with Gasteiger partial charge in [-0.2, -0.15) is 0 Å². The first-order valence-corrected chi connectivity index (χ1v) is 7.25. The van der Waals surface area contributed by atoms with E-state index in [0.29, 0.717) is 16.3 Å². The quantitative estimate of drug-likeness (QED) is 0.660. The number of hydrogen-bond donors (Lipinski definition) is 2. The molecule has 7 heteroatoms. The number of nitrogens with one attached hydrogen (secondary N) is 1. The molecular formula is C14H11ClF2N2OS. The highest BCUT2D eigenvalue weighted by atomic mass is 35.5. The number of rotatable bonds is 4. The first kappa shape index (κ1) is 15.6. The molecule has 1 amide bonds. The zero-order valence-corrected chi connectivity index (χ0v) is 12.3. The van der Waals surface area contributed by atoms with E-state index < -0.39 is 11.6 Å². The van der Waals surface area contributed by atoms with Crippen LogP contribution in [0.1, 0.15) is 0 Å². The van der Waals surface area contributed by atoms with Crippen molar-refractivity contribution in [3.8, 4) is 0 Å². The van der Waals surface area contributed by atoms with Crippen LogP contribution in [0.15, 0.2) is 41.3 Å². The molecule has 0 fully saturated rings. The number of thioether (sulfide) groups is 1. The lowest BCUT2D eigenvalue weighted by molar-refractivity contribution is -0.113. The van der Waals surface area contributed by atoms with Gasteiger partial charge in [0.15, 0.2) is 0 Å². The zero-order valence-electron chi connectivity index (χ0n) is 10.7. The van der Waals surface area contributed by atoms with Gasteiger partial charge in [-0.05, 0) is 36.4 Å². The average Bonchev–Trinajstić information content (AvgIpc) is 2.43. The maximum absolute atomic E-state index is 13.1. The van der Waals surface area contributed by atoms with Crippen molar-refractivity contribution in [3.05, 3.63) is 53.1 Å². The number of halogens is 3. The maximum atomic E-state index is 13.1. The van der Waals surface area contributed by atoms with Gasteiger partial charge in [-0.15, -0.1) is 11.8 Å². The van der Waals surface area contributed by atoms with Crippen molar-refractivity contribution in [3.63, 3.8) is 0 Å². The van der Waals surface area contributed by atoms with Gasteiger partial charge in [0, 0.05) is 10.6 Å². The number of nitrogens with two attached hydrogens (primary N) is 1. The standard InChI is InChI=1S/C14H11ClF2N2OS/c15-10-5-8(16)2-4-12(10)19-14(20)7-21-13-6-9(17)1-3-11(13)18/h1-6H,7,18H2,(H,19,20). The van der Waals surface area contributed by atoms with Crippen molar-refractivity contribution in [2.24, 2.45) is 0 Å². The summed E-state index contributed by atoms with van der Waals surface area (Å²) in [5.41, 5.74) is 6.40. The minimum atomic E-state index is -0.486. The van der Waals surface area contributed by atoms with Crippen LogP contribution in [0.25, 0.3) is 0 Å². The topological polar surface area (TPSA) is 55.1 Å². The summed E-state index contributed by atoms with van der Waals surface area (Å²) >= 11 is 6.91. The first-order valence-electron chi connectivity index (χ1n) is 5.88. The molecule has 0 saturated carbocycles. The van der Waals surface area contributed by atoms with Crippen molar-refractivity contribution in [2.45, 2.75) is 4.90 Å². The van der Waals surface area contributed by atoms with Crippen molar-refractivity contribution >= 4 is 40.6 Å². The van der Waals surface area contributed by atoms with Crippen LogP contribution in [0.3, 0.4) is 0 Å². The molecule has 21 heavy (non-hydrogen) atoms. The Balaban J connectivity index is 1.97. The van der Waals surface area contributed by atoms with Crippen molar-refractivity contribution < 1.29 is 13.6 Å². The van der Waals surface area contributed by atoms with Crippen LogP contribution in [0.2, 0.25) is 5.02 Å². The Morgan fingerprint density at radius 3 is 2.57 bits per heavy atom. The van der Waals surface area contributed by atoms with Crippen molar-refractivity contribution in [2.75, 3.05) is 16.8 Å². The first-order chi connectivity index (χ1) is 9.95. The molecule has 0 radical (unpaired) electrons. The largest absolute Gasteiger partial charge is 0.398 e. The van der Waals surface area contributed by atoms with Crippen molar-refractivity contribution in [1.29, 1.82) is 0 Å². The molecule has 0 atom stereocenters. The number of carbonyl (C=O) groups excluding carboxylic acids is 1. The molecule has 0 spiro atoms. The highest BCUT2D eigenvalue weighted by molar-refractivity contribution is 8.00. The third kappa shape index (κ3) is 4.34. The van der Waals surface area contributed by atoms with Crippen LogP contribution < -0.4 is 11.1 Å². The predicted molar refractivity (Wildman–Crippen MR) is 81.6 cm³/mol. The molecule has 0 aliphatic carbocycles. The van der Waals surface area contributed by atoms with Gasteiger partial charge in [0.1, 0.15) is 11.6 Å². The van der Waals surface area contributed by atoms with Crippen LogP contribution in [-0.4, -0.2) is 11.7 Å². The van der Waals surface area contributed by atoms with Gasteiger partial charge in [0.05, 0.1) is 16.5 Å². The fourth-order valence-electron chi connectivity index (χ4n) is 1.55. The Morgan fingerprint density at radius 1 is 1.19 bits per heavy atom. The van der Waals surface area contributed by atoms with Crippen LogP contribution in [0, 0.1) is 11.6 Å². The average molecular weight is 329 g/mol. The lowest BCUT2D eigenvalue weighted by Gasteiger charge is -2.08. The molecule has 0 unspecified atom stereocenters. The van der Waals surface area contributed by atoms with E-state index in [0.717, 1.165) is 17.8 Å². The second-order valence-electron chi connectivity index (χ2n) is 4.14. The minimum absolute atomic E-state index is 0.0291. The summed E-state index contributed by atoms with van der Waals surface area (Å²) in [5.74, 6) is -1.23. The van der Waals surface area contributed by atoms with E-state index in [4.69, 9.17) is 17.3 Å². The normalized spacial score (nSPS) is 10.4. The number of anilines is 2. The number of nitrogen functional groups attached to an aromatic ring is 1. The molecule has 0 aromatic heterocycles. The molecule has 0 saturated heterocycles. The van der Waals surface area contributed by atoms with E-state index in [1.165, 1.54) is 30.3 Å². The lowest BCUT2D eigenvalue weighted by Crippen LogP contribution is -2.14. The van der Waals surface area contributed by atoms with Gasteiger partial charge >= 0.3 is 0 Å². The Hall–Kier alpha value is -1.79. The summed E-state index contributed by atoms with van der Waals surface area (Å²) in [7, 11) is 0. The smallest absolute Gasteiger partial charge is 0.234 e. The summed E-state index contributed by atoms with van der Waals surface area (Å²) in [6.07, 6.45) is 0. The van der Waals surface area contributed by atoms with E-state index in [1.54, 1.807) is 0 Å².